The van der Waals surface area contributed by atoms with Crippen LogP contribution >= 0.6 is 0 Å². The van der Waals surface area contributed by atoms with Crippen LogP contribution in [0, 0.1) is 0 Å². The number of rotatable bonds is 8. The highest BCUT2D eigenvalue weighted by Crippen LogP contribution is 2.21. The largest absolute Gasteiger partial charge is 0.497 e. The van der Waals surface area contributed by atoms with Gasteiger partial charge in [0.05, 0.1) is 12.9 Å². The maximum absolute atomic E-state index is 11.8. The molecule has 1 aromatic rings. The van der Waals surface area contributed by atoms with Gasteiger partial charge in [-0.2, -0.15) is 0 Å². The van der Waals surface area contributed by atoms with E-state index in [0.717, 1.165) is 25.1 Å². The van der Waals surface area contributed by atoms with Gasteiger partial charge in [0.1, 0.15) is 5.75 Å². The van der Waals surface area contributed by atoms with Crippen molar-refractivity contribution in [2.45, 2.75) is 25.7 Å². The lowest BCUT2D eigenvalue weighted by molar-refractivity contribution is 0.414. The average Bonchev–Trinajstić information content (AvgIpc) is 2.98. The third kappa shape index (κ3) is 5.88. The van der Waals surface area contributed by atoms with Crippen LogP contribution < -0.4 is 15.4 Å². The van der Waals surface area contributed by atoms with Gasteiger partial charge in [-0.3, -0.25) is 4.99 Å². The summed E-state index contributed by atoms with van der Waals surface area (Å²) >= 11 is 0. The van der Waals surface area contributed by atoms with E-state index < -0.39 is 10.0 Å². The highest BCUT2D eigenvalue weighted by atomic mass is 32.2. The first-order chi connectivity index (χ1) is 12.5. The molecule has 1 aliphatic heterocycles. The lowest BCUT2D eigenvalue weighted by Crippen LogP contribution is -2.42. The van der Waals surface area contributed by atoms with Gasteiger partial charge < -0.3 is 15.4 Å². The minimum atomic E-state index is -3.03. The molecule has 0 bridgehead atoms. The molecule has 0 aromatic heterocycles. The molecule has 1 heterocycles. The number of sulfonamides is 1. The van der Waals surface area contributed by atoms with Crippen LogP contribution in [0.1, 0.15) is 31.2 Å². The highest BCUT2D eigenvalue weighted by Gasteiger charge is 2.27. The van der Waals surface area contributed by atoms with E-state index in [0.29, 0.717) is 31.5 Å². The Labute approximate surface area is 156 Å². The monoisotopic (exact) mass is 382 g/mol. The summed E-state index contributed by atoms with van der Waals surface area (Å²) in [6.45, 7) is 4.63. The van der Waals surface area contributed by atoms with E-state index in [-0.39, 0.29) is 5.75 Å². The second-order valence-electron chi connectivity index (χ2n) is 6.46. The van der Waals surface area contributed by atoms with E-state index in [1.54, 1.807) is 18.5 Å². The van der Waals surface area contributed by atoms with Gasteiger partial charge in [-0.1, -0.05) is 19.1 Å². The van der Waals surface area contributed by atoms with Crippen LogP contribution in [0.25, 0.3) is 0 Å². The fourth-order valence-electron chi connectivity index (χ4n) is 2.97. The Morgan fingerprint density at radius 1 is 1.27 bits per heavy atom. The molecule has 1 atom stereocenters. The van der Waals surface area contributed by atoms with Gasteiger partial charge in [0, 0.05) is 33.2 Å². The van der Waals surface area contributed by atoms with E-state index in [1.165, 1.54) is 5.56 Å². The zero-order valence-corrected chi connectivity index (χ0v) is 16.7. The molecule has 0 aliphatic carbocycles. The molecule has 2 rings (SSSR count). The van der Waals surface area contributed by atoms with Crippen molar-refractivity contribution in [1.82, 2.24) is 14.9 Å². The molecule has 8 heteroatoms. The van der Waals surface area contributed by atoms with E-state index in [9.17, 15) is 8.42 Å². The van der Waals surface area contributed by atoms with E-state index in [2.05, 4.69) is 34.7 Å². The van der Waals surface area contributed by atoms with Crippen molar-refractivity contribution < 1.29 is 13.2 Å². The minimum Gasteiger partial charge on any atom is -0.497 e. The molecule has 1 aliphatic rings. The summed E-state index contributed by atoms with van der Waals surface area (Å²) < 4.78 is 30.3. The van der Waals surface area contributed by atoms with E-state index in [4.69, 9.17) is 4.74 Å². The van der Waals surface area contributed by atoms with Gasteiger partial charge in [0.15, 0.2) is 5.96 Å². The first-order valence-electron chi connectivity index (χ1n) is 9.02. The lowest BCUT2D eigenvalue weighted by Gasteiger charge is -2.17. The number of nitrogens with one attached hydrogen (secondary N) is 2. The molecule has 0 saturated carbocycles. The number of nitrogens with zero attached hydrogens (tertiary/aromatic N) is 2. The number of hydrogen-bond donors (Lipinski definition) is 2. The normalized spacial score (nSPS) is 18.5. The van der Waals surface area contributed by atoms with E-state index in [1.807, 2.05) is 12.1 Å². The van der Waals surface area contributed by atoms with Crippen molar-refractivity contribution >= 4 is 16.0 Å². The molecule has 0 amide bonds. The summed E-state index contributed by atoms with van der Waals surface area (Å²) in [6, 6.07) is 8.14. The Bertz CT molecular complexity index is 689. The standard InChI is InChI=1S/C18H30N4O3S/c1-15(16-5-7-17(25-3)8-6-16)9-10-20-18(19-2)21-11-13-22-12-4-14-26(22,23)24/h5-8,15H,4,9-14H2,1-3H3,(H2,19,20,21). The Morgan fingerprint density at radius 3 is 2.54 bits per heavy atom. The van der Waals surface area contributed by atoms with Gasteiger partial charge in [-0.25, -0.2) is 12.7 Å². The molecule has 146 valence electrons. The molecule has 1 aromatic carbocycles. The molecule has 7 nitrogen and oxygen atoms in total. The Balaban J connectivity index is 1.69. The van der Waals surface area contributed by atoms with Crippen LogP contribution in [-0.4, -0.2) is 64.8 Å². The van der Waals surface area contributed by atoms with Crippen molar-refractivity contribution in [2.24, 2.45) is 4.99 Å². The van der Waals surface area contributed by atoms with Crippen LogP contribution in [0.5, 0.6) is 5.75 Å². The van der Waals surface area contributed by atoms with Crippen LogP contribution in [0.3, 0.4) is 0 Å². The van der Waals surface area contributed by atoms with Crippen LogP contribution in [0.2, 0.25) is 0 Å². The Hall–Kier alpha value is -1.80. The lowest BCUT2D eigenvalue weighted by atomic mass is 9.98. The van der Waals surface area contributed by atoms with Crippen molar-refractivity contribution in [1.29, 1.82) is 0 Å². The highest BCUT2D eigenvalue weighted by molar-refractivity contribution is 7.89. The summed E-state index contributed by atoms with van der Waals surface area (Å²) in [6.07, 6.45) is 1.69. The summed E-state index contributed by atoms with van der Waals surface area (Å²) in [4.78, 5) is 4.19. The number of methoxy groups -OCH3 is 1. The minimum absolute atomic E-state index is 0.267. The maximum Gasteiger partial charge on any atom is 0.214 e. The topological polar surface area (TPSA) is 83.0 Å². The summed E-state index contributed by atoms with van der Waals surface area (Å²) in [5.41, 5.74) is 1.27. The second-order valence-corrected chi connectivity index (χ2v) is 8.55. The van der Waals surface area contributed by atoms with Crippen molar-refractivity contribution in [3.8, 4) is 5.75 Å². The Kier molecular flexibility index (Phi) is 7.71. The molecule has 26 heavy (non-hydrogen) atoms. The molecule has 1 unspecified atom stereocenters. The fraction of sp³-hybridized carbons (Fsp3) is 0.611. The second kappa shape index (κ2) is 9.78. The summed E-state index contributed by atoms with van der Waals surface area (Å²) in [5.74, 6) is 2.25. The number of ether oxygens (including phenoxy) is 1. The van der Waals surface area contributed by atoms with Gasteiger partial charge in [-0.05, 0) is 36.5 Å². The zero-order valence-electron chi connectivity index (χ0n) is 15.9. The first kappa shape index (κ1) is 20.5. The van der Waals surface area contributed by atoms with Crippen molar-refractivity contribution in [3.05, 3.63) is 29.8 Å². The molecular weight excluding hydrogens is 352 g/mol. The van der Waals surface area contributed by atoms with Gasteiger partial charge in [0.2, 0.25) is 10.0 Å². The number of hydrogen-bond acceptors (Lipinski definition) is 4. The number of benzene rings is 1. The summed E-state index contributed by atoms with van der Waals surface area (Å²) in [5, 5.41) is 6.46. The summed E-state index contributed by atoms with van der Waals surface area (Å²) in [7, 11) is 0.352. The quantitative estimate of drug-likeness (QED) is 0.524. The van der Waals surface area contributed by atoms with Gasteiger partial charge in [0.25, 0.3) is 0 Å². The van der Waals surface area contributed by atoms with E-state index >= 15 is 0 Å². The van der Waals surface area contributed by atoms with Crippen LogP contribution in [0.15, 0.2) is 29.3 Å². The SMILES string of the molecule is CN=C(NCCC(C)c1ccc(OC)cc1)NCCN1CCCS1(=O)=O. The first-order valence-corrected chi connectivity index (χ1v) is 10.6. The molecule has 2 N–H and O–H groups in total. The van der Waals surface area contributed by atoms with Gasteiger partial charge in [-0.15, -0.1) is 0 Å². The Morgan fingerprint density at radius 2 is 1.96 bits per heavy atom. The van der Waals surface area contributed by atoms with Crippen molar-refractivity contribution in [3.63, 3.8) is 0 Å². The third-order valence-corrected chi connectivity index (χ3v) is 6.59. The maximum atomic E-state index is 11.8. The predicted octanol–water partition coefficient (Wildman–Crippen LogP) is 1.39. The van der Waals surface area contributed by atoms with Gasteiger partial charge >= 0.3 is 0 Å². The van der Waals surface area contributed by atoms with Crippen molar-refractivity contribution in [2.75, 3.05) is 46.1 Å². The molecule has 1 fully saturated rings. The zero-order chi connectivity index (χ0) is 19.0. The molecule has 0 spiro atoms. The van der Waals surface area contributed by atoms with Crippen LogP contribution in [-0.2, 0) is 10.0 Å². The number of guanidine groups is 1. The molecule has 1 saturated heterocycles. The predicted molar refractivity (Wildman–Crippen MR) is 105 cm³/mol. The van der Waals surface area contributed by atoms with Crippen LogP contribution in [0.4, 0.5) is 0 Å². The molecule has 0 radical (unpaired) electrons. The third-order valence-electron chi connectivity index (χ3n) is 4.64. The fourth-order valence-corrected chi connectivity index (χ4v) is 4.50. The molecular formula is C18H30N4O3S. The number of aliphatic imine (C=N–C) groups is 1. The average molecular weight is 383 g/mol. The smallest absolute Gasteiger partial charge is 0.214 e.